The molecule has 9 nitrogen and oxygen atoms in total. The molecular weight excluding hydrogens is 460 g/mol. The van der Waals surface area contributed by atoms with Gasteiger partial charge in [-0.1, -0.05) is 26.0 Å². The Labute approximate surface area is 212 Å². The zero-order valence-electron chi connectivity index (χ0n) is 21.3. The fraction of sp³-hybridized carbons (Fsp3) is 0.556. The van der Waals surface area contributed by atoms with Crippen LogP contribution in [0.4, 0.5) is 11.4 Å². The number of ether oxygens (including phenoxy) is 1. The van der Waals surface area contributed by atoms with Crippen molar-refractivity contribution in [1.82, 2.24) is 9.80 Å². The molecule has 0 saturated carbocycles. The Balaban J connectivity index is 1.38. The van der Waals surface area contributed by atoms with Crippen LogP contribution in [0.15, 0.2) is 36.4 Å². The third kappa shape index (κ3) is 5.61. The first-order chi connectivity index (χ1) is 17.3. The average Bonchev–Trinajstić information content (AvgIpc) is 3.12. The Hall–Kier alpha value is -3.20. The summed E-state index contributed by atoms with van der Waals surface area (Å²) in [7, 11) is 1.54. The van der Waals surface area contributed by atoms with Gasteiger partial charge in [0, 0.05) is 31.5 Å². The Morgan fingerprint density at radius 2 is 1.61 bits per heavy atom. The smallest absolute Gasteiger partial charge is 0.246 e. The average molecular weight is 497 g/mol. The number of allylic oxidation sites excluding steroid dienone is 2. The molecule has 0 bridgehead atoms. The monoisotopic (exact) mass is 496 g/mol. The normalized spacial score (nSPS) is 22.6. The molecule has 4 amide bonds. The molecule has 1 N–H and O–H groups in total. The van der Waals surface area contributed by atoms with Crippen LogP contribution in [0.2, 0.25) is 0 Å². The molecule has 194 valence electrons. The molecule has 1 aromatic rings. The van der Waals surface area contributed by atoms with E-state index in [0.29, 0.717) is 38.2 Å². The number of likely N-dealkylation sites (N-methyl/N-ethyl adjacent to an activating group) is 1. The number of anilines is 2. The van der Waals surface area contributed by atoms with Crippen LogP contribution in [-0.2, 0) is 23.9 Å². The highest BCUT2D eigenvalue weighted by Crippen LogP contribution is 2.37. The summed E-state index contributed by atoms with van der Waals surface area (Å²) in [5.41, 5.74) is 1.70. The van der Waals surface area contributed by atoms with E-state index in [2.05, 4.69) is 10.2 Å². The third-order valence-corrected chi connectivity index (χ3v) is 7.12. The second-order valence-corrected chi connectivity index (χ2v) is 10.2. The van der Waals surface area contributed by atoms with Gasteiger partial charge in [0.25, 0.3) is 0 Å². The lowest BCUT2D eigenvalue weighted by Gasteiger charge is -2.30. The van der Waals surface area contributed by atoms with Crippen LogP contribution in [0.3, 0.4) is 0 Å². The number of hydrogen-bond donors (Lipinski definition) is 1. The molecular formula is C27H36N4O5. The lowest BCUT2D eigenvalue weighted by atomic mass is 9.85. The summed E-state index contributed by atoms with van der Waals surface area (Å²) in [6, 6.07) is 6.68. The maximum Gasteiger partial charge on any atom is 0.246 e. The third-order valence-electron chi connectivity index (χ3n) is 7.12. The Kier molecular flexibility index (Phi) is 8.08. The summed E-state index contributed by atoms with van der Waals surface area (Å²) < 4.78 is 5.39. The highest BCUT2D eigenvalue weighted by atomic mass is 16.5. The molecule has 2 saturated heterocycles. The molecule has 3 atom stereocenters. The van der Waals surface area contributed by atoms with Crippen LogP contribution in [0.5, 0.6) is 0 Å². The van der Waals surface area contributed by atoms with Gasteiger partial charge in [-0.2, -0.15) is 0 Å². The van der Waals surface area contributed by atoms with Gasteiger partial charge in [0.1, 0.15) is 6.04 Å². The number of carbonyl (C=O) groups excluding carboxylic acids is 4. The highest BCUT2D eigenvalue weighted by Gasteiger charge is 2.51. The molecule has 2 fully saturated rings. The number of nitrogens with zero attached hydrogens (tertiary/aromatic N) is 3. The quantitative estimate of drug-likeness (QED) is 0.438. The first-order valence-electron chi connectivity index (χ1n) is 12.8. The van der Waals surface area contributed by atoms with Crippen LogP contribution in [0.25, 0.3) is 0 Å². The molecule has 1 aromatic carbocycles. The van der Waals surface area contributed by atoms with Crippen molar-refractivity contribution in [2.75, 3.05) is 50.1 Å². The lowest BCUT2D eigenvalue weighted by Crippen LogP contribution is -2.52. The second-order valence-electron chi connectivity index (χ2n) is 10.2. The van der Waals surface area contributed by atoms with E-state index in [-0.39, 0.29) is 42.0 Å². The van der Waals surface area contributed by atoms with E-state index in [1.54, 1.807) is 0 Å². The fourth-order valence-corrected chi connectivity index (χ4v) is 5.22. The van der Waals surface area contributed by atoms with Gasteiger partial charge in [0.2, 0.25) is 23.6 Å². The molecule has 0 aromatic heterocycles. The van der Waals surface area contributed by atoms with Crippen molar-refractivity contribution < 1.29 is 23.9 Å². The summed E-state index contributed by atoms with van der Waals surface area (Å²) in [6.07, 6.45) is 5.27. The zero-order chi connectivity index (χ0) is 25.8. The highest BCUT2D eigenvalue weighted by molar-refractivity contribution is 6.08. The molecule has 9 heteroatoms. The van der Waals surface area contributed by atoms with Crippen molar-refractivity contribution in [1.29, 1.82) is 0 Å². The minimum atomic E-state index is -0.902. The van der Waals surface area contributed by atoms with Gasteiger partial charge in [-0.3, -0.25) is 24.1 Å². The van der Waals surface area contributed by atoms with Crippen molar-refractivity contribution in [3.05, 3.63) is 36.4 Å². The van der Waals surface area contributed by atoms with Gasteiger partial charge in [0.15, 0.2) is 0 Å². The molecule has 2 heterocycles. The van der Waals surface area contributed by atoms with Gasteiger partial charge in [-0.25, -0.2) is 0 Å². The molecule has 3 aliphatic rings. The number of carbonyl (C=O) groups is 4. The van der Waals surface area contributed by atoms with Crippen molar-refractivity contribution in [3.8, 4) is 0 Å². The number of nitrogens with one attached hydrogen (secondary N) is 1. The summed E-state index contributed by atoms with van der Waals surface area (Å²) in [5, 5.41) is 2.83. The Morgan fingerprint density at radius 3 is 2.17 bits per heavy atom. The molecule has 2 aliphatic heterocycles. The van der Waals surface area contributed by atoms with Crippen LogP contribution in [0, 0.1) is 17.8 Å². The molecule has 0 spiro atoms. The maximum absolute atomic E-state index is 13.4. The molecule has 4 rings (SSSR count). The predicted octanol–water partition coefficient (Wildman–Crippen LogP) is 2.29. The maximum atomic E-state index is 13.4. The summed E-state index contributed by atoms with van der Waals surface area (Å²) >= 11 is 0. The van der Waals surface area contributed by atoms with Crippen molar-refractivity contribution >= 4 is 35.0 Å². The number of hydrogen-bond acceptors (Lipinski definition) is 6. The summed E-state index contributed by atoms with van der Waals surface area (Å²) in [4.78, 5) is 57.1. The lowest BCUT2D eigenvalue weighted by molar-refractivity contribution is -0.152. The number of imide groups is 1. The standard InChI is InChI=1S/C27H36N4O5/c1-18(2)16-23(31-25(33)21-6-4-5-7-22(21)26(31)34)27(35)29(3)17-24(32)28-19-8-10-20(11-9-19)30-12-14-36-15-13-30/h4-5,8-11,18,21-23H,6-7,12-17H2,1-3H3,(H,28,32). The summed E-state index contributed by atoms with van der Waals surface area (Å²) in [6.45, 7) is 6.78. The van der Waals surface area contributed by atoms with Gasteiger partial charge in [-0.15, -0.1) is 0 Å². The number of fused-ring (bicyclic) bond motifs is 1. The topological polar surface area (TPSA) is 99.3 Å². The zero-order valence-corrected chi connectivity index (χ0v) is 21.3. The largest absolute Gasteiger partial charge is 0.378 e. The Bertz CT molecular complexity index is 989. The summed E-state index contributed by atoms with van der Waals surface area (Å²) in [5.74, 6) is -1.97. The molecule has 1 aliphatic carbocycles. The van der Waals surface area contributed by atoms with E-state index in [1.807, 2.05) is 50.3 Å². The van der Waals surface area contributed by atoms with E-state index < -0.39 is 11.9 Å². The van der Waals surface area contributed by atoms with E-state index in [9.17, 15) is 19.2 Å². The number of rotatable bonds is 8. The van der Waals surface area contributed by atoms with Crippen LogP contribution >= 0.6 is 0 Å². The Morgan fingerprint density at radius 1 is 1.03 bits per heavy atom. The van der Waals surface area contributed by atoms with E-state index in [4.69, 9.17) is 4.74 Å². The van der Waals surface area contributed by atoms with E-state index >= 15 is 0 Å². The number of likely N-dealkylation sites (tertiary alicyclic amines) is 1. The van der Waals surface area contributed by atoms with E-state index in [0.717, 1.165) is 18.8 Å². The first kappa shape index (κ1) is 25.9. The van der Waals surface area contributed by atoms with Crippen LogP contribution < -0.4 is 10.2 Å². The molecule has 0 radical (unpaired) electrons. The number of amides is 4. The molecule has 36 heavy (non-hydrogen) atoms. The second kappa shape index (κ2) is 11.2. The van der Waals surface area contributed by atoms with Gasteiger partial charge in [-0.05, 0) is 49.4 Å². The minimum Gasteiger partial charge on any atom is -0.378 e. The number of morpholine rings is 1. The predicted molar refractivity (Wildman–Crippen MR) is 136 cm³/mol. The SMILES string of the molecule is CC(C)CC(C(=O)N(C)CC(=O)Nc1ccc(N2CCOCC2)cc1)N1C(=O)C2CC=CCC2C1=O. The van der Waals surface area contributed by atoms with Crippen LogP contribution in [0.1, 0.15) is 33.1 Å². The van der Waals surface area contributed by atoms with Crippen molar-refractivity contribution in [2.45, 2.75) is 39.2 Å². The van der Waals surface area contributed by atoms with E-state index in [1.165, 1.54) is 16.8 Å². The fourth-order valence-electron chi connectivity index (χ4n) is 5.22. The molecule has 3 unspecified atom stereocenters. The van der Waals surface area contributed by atoms with Crippen molar-refractivity contribution in [2.24, 2.45) is 17.8 Å². The van der Waals surface area contributed by atoms with Gasteiger partial charge in [0.05, 0.1) is 31.6 Å². The van der Waals surface area contributed by atoms with Gasteiger partial charge < -0.3 is 19.9 Å². The van der Waals surface area contributed by atoms with Crippen molar-refractivity contribution in [3.63, 3.8) is 0 Å². The van der Waals surface area contributed by atoms with Gasteiger partial charge >= 0.3 is 0 Å². The number of benzene rings is 1. The minimum absolute atomic E-state index is 0.0903. The van der Waals surface area contributed by atoms with Crippen LogP contribution in [-0.4, -0.2) is 79.4 Å². The first-order valence-corrected chi connectivity index (χ1v) is 12.8.